The van der Waals surface area contributed by atoms with E-state index in [9.17, 15) is 0 Å². The van der Waals surface area contributed by atoms with Crippen LogP contribution in [0, 0.1) is 30.1 Å². The average molecular weight is 157 g/mol. The van der Waals surface area contributed by atoms with Crippen LogP contribution in [-0.4, -0.2) is 4.98 Å². The molecule has 1 rings (SSSR count). The second-order valence-corrected chi connectivity index (χ2v) is 2.23. The number of hydrogen-bond donors (Lipinski definition) is 1. The zero-order chi connectivity index (χ0) is 8.97. The summed E-state index contributed by atoms with van der Waals surface area (Å²) in [5.41, 5.74) is 6.92. The predicted octanol–water partition coefficient (Wildman–Crippen LogP) is 0.847. The Morgan fingerprint density at radius 2 is 2.25 bits per heavy atom. The number of pyridine rings is 1. The van der Waals surface area contributed by atoms with E-state index >= 15 is 0 Å². The Labute approximate surface area is 70.8 Å². The summed E-state index contributed by atoms with van der Waals surface area (Å²) in [5, 5.41) is 8.20. The number of aryl methyl sites for hydroxylation is 1. The Morgan fingerprint density at radius 3 is 2.83 bits per heavy atom. The third-order valence-corrected chi connectivity index (χ3v) is 1.36. The van der Waals surface area contributed by atoms with Crippen molar-refractivity contribution in [1.82, 2.24) is 4.98 Å². The molecule has 0 unspecified atom stereocenters. The number of aromatic nitrogens is 1. The summed E-state index contributed by atoms with van der Waals surface area (Å²) in [6.07, 6.45) is 0. The van der Waals surface area contributed by atoms with Crippen LogP contribution in [0.15, 0.2) is 12.1 Å². The first kappa shape index (κ1) is 8.10. The van der Waals surface area contributed by atoms with Crippen molar-refractivity contribution >= 4 is 5.82 Å². The van der Waals surface area contributed by atoms with Crippen molar-refractivity contribution in [2.24, 2.45) is 0 Å². The molecule has 2 N–H and O–H groups in total. The molecule has 0 atom stereocenters. The zero-order valence-electron chi connectivity index (χ0n) is 6.63. The van der Waals surface area contributed by atoms with Gasteiger partial charge in [0.05, 0.1) is 5.69 Å². The molecule has 0 radical (unpaired) electrons. The summed E-state index contributed by atoms with van der Waals surface area (Å²) in [6, 6.07) is 5.15. The maximum atomic E-state index is 8.20. The minimum atomic E-state index is 0.468. The molecule has 1 aromatic heterocycles. The van der Waals surface area contributed by atoms with Crippen LogP contribution in [0.5, 0.6) is 0 Å². The molecular formula is C9H7N3. The van der Waals surface area contributed by atoms with Gasteiger partial charge in [-0.25, -0.2) is 4.98 Å². The van der Waals surface area contributed by atoms with Crippen molar-refractivity contribution < 1.29 is 0 Å². The van der Waals surface area contributed by atoms with Gasteiger partial charge in [0.15, 0.2) is 6.07 Å². The summed E-state index contributed by atoms with van der Waals surface area (Å²) in [5.74, 6) is 5.43. The van der Waals surface area contributed by atoms with E-state index in [0.29, 0.717) is 5.82 Å². The second kappa shape index (κ2) is 3.41. The van der Waals surface area contributed by atoms with E-state index in [2.05, 4.69) is 16.8 Å². The summed E-state index contributed by atoms with van der Waals surface area (Å²) >= 11 is 0. The van der Waals surface area contributed by atoms with Crippen LogP contribution in [0.2, 0.25) is 0 Å². The summed E-state index contributed by atoms with van der Waals surface area (Å²) < 4.78 is 0. The smallest absolute Gasteiger partial charge is 0.152 e. The molecule has 0 bridgehead atoms. The third-order valence-electron chi connectivity index (χ3n) is 1.36. The highest BCUT2D eigenvalue weighted by Gasteiger charge is 1.94. The zero-order valence-corrected chi connectivity index (χ0v) is 6.63. The molecule has 0 fully saturated rings. The van der Waals surface area contributed by atoms with Crippen molar-refractivity contribution in [2.75, 3.05) is 5.73 Å². The SMILES string of the molecule is Cc1nc(N)ccc1C#CC#N. The van der Waals surface area contributed by atoms with Crippen LogP contribution < -0.4 is 5.73 Å². The molecule has 0 aliphatic carbocycles. The van der Waals surface area contributed by atoms with Gasteiger partial charge in [-0.3, -0.25) is 0 Å². The van der Waals surface area contributed by atoms with Crippen LogP contribution in [0.25, 0.3) is 0 Å². The summed E-state index contributed by atoms with van der Waals surface area (Å²) in [4.78, 5) is 3.99. The number of nitrogen functional groups attached to an aromatic ring is 1. The number of hydrogen-bond acceptors (Lipinski definition) is 3. The van der Waals surface area contributed by atoms with Gasteiger partial charge in [-0.05, 0) is 25.0 Å². The Bertz CT molecular complexity index is 390. The highest BCUT2D eigenvalue weighted by molar-refractivity contribution is 5.44. The normalized spacial score (nSPS) is 8.00. The standard InChI is InChI=1S/C9H7N3/c1-7-8(3-2-6-10)4-5-9(11)12-7/h4-5H,1H3,(H2,11,12). The van der Waals surface area contributed by atoms with E-state index < -0.39 is 0 Å². The Balaban J connectivity index is 3.12. The van der Waals surface area contributed by atoms with Crippen LogP contribution in [0.3, 0.4) is 0 Å². The van der Waals surface area contributed by atoms with Crippen molar-refractivity contribution in [1.29, 1.82) is 5.26 Å². The van der Waals surface area contributed by atoms with Gasteiger partial charge in [-0.15, -0.1) is 0 Å². The van der Waals surface area contributed by atoms with Crippen molar-refractivity contribution in [3.8, 4) is 17.9 Å². The van der Waals surface area contributed by atoms with Gasteiger partial charge in [0.25, 0.3) is 0 Å². The minimum Gasteiger partial charge on any atom is -0.384 e. The van der Waals surface area contributed by atoms with Gasteiger partial charge in [0.1, 0.15) is 5.82 Å². The first-order valence-electron chi connectivity index (χ1n) is 3.37. The molecule has 3 heteroatoms. The van der Waals surface area contributed by atoms with Crippen molar-refractivity contribution in [3.05, 3.63) is 23.4 Å². The minimum absolute atomic E-state index is 0.468. The topological polar surface area (TPSA) is 62.7 Å². The molecule has 0 spiro atoms. The lowest BCUT2D eigenvalue weighted by atomic mass is 10.2. The van der Waals surface area contributed by atoms with Gasteiger partial charge in [-0.1, -0.05) is 0 Å². The lowest BCUT2D eigenvalue weighted by molar-refractivity contribution is 1.20. The first-order valence-corrected chi connectivity index (χ1v) is 3.37. The van der Waals surface area contributed by atoms with Gasteiger partial charge in [0, 0.05) is 11.5 Å². The monoisotopic (exact) mass is 157 g/mol. The van der Waals surface area contributed by atoms with Gasteiger partial charge >= 0.3 is 0 Å². The van der Waals surface area contributed by atoms with E-state index in [4.69, 9.17) is 11.0 Å². The summed E-state index contributed by atoms with van der Waals surface area (Å²) in [6.45, 7) is 1.80. The lowest BCUT2D eigenvalue weighted by Gasteiger charge is -1.96. The fourth-order valence-corrected chi connectivity index (χ4v) is 0.808. The summed E-state index contributed by atoms with van der Waals surface area (Å²) in [7, 11) is 0. The number of nitriles is 1. The molecule has 0 saturated heterocycles. The van der Waals surface area contributed by atoms with E-state index in [1.807, 2.05) is 0 Å². The van der Waals surface area contributed by atoms with Gasteiger partial charge < -0.3 is 5.73 Å². The fourth-order valence-electron chi connectivity index (χ4n) is 0.808. The second-order valence-electron chi connectivity index (χ2n) is 2.23. The van der Waals surface area contributed by atoms with Crippen LogP contribution in [0.4, 0.5) is 5.82 Å². The number of anilines is 1. The molecule has 0 saturated carbocycles. The molecule has 0 amide bonds. The number of rotatable bonds is 0. The van der Waals surface area contributed by atoms with E-state index in [1.165, 1.54) is 0 Å². The van der Waals surface area contributed by atoms with Crippen LogP contribution >= 0.6 is 0 Å². The molecule has 12 heavy (non-hydrogen) atoms. The fraction of sp³-hybridized carbons (Fsp3) is 0.111. The lowest BCUT2D eigenvalue weighted by Crippen LogP contribution is -1.93. The van der Waals surface area contributed by atoms with E-state index in [-0.39, 0.29) is 0 Å². The molecule has 0 aliphatic heterocycles. The Hall–Kier alpha value is -2.00. The largest absolute Gasteiger partial charge is 0.384 e. The molecule has 1 aromatic rings. The molecule has 0 aliphatic rings. The Kier molecular flexibility index (Phi) is 2.30. The quantitative estimate of drug-likeness (QED) is 0.568. The van der Waals surface area contributed by atoms with E-state index in [1.54, 1.807) is 25.1 Å². The Morgan fingerprint density at radius 1 is 1.50 bits per heavy atom. The predicted molar refractivity (Wildman–Crippen MR) is 45.9 cm³/mol. The maximum absolute atomic E-state index is 8.20. The molecule has 0 aromatic carbocycles. The van der Waals surface area contributed by atoms with Crippen LogP contribution in [0.1, 0.15) is 11.3 Å². The highest BCUT2D eigenvalue weighted by Crippen LogP contribution is 2.05. The van der Waals surface area contributed by atoms with Gasteiger partial charge in [0.2, 0.25) is 0 Å². The van der Waals surface area contributed by atoms with Gasteiger partial charge in [-0.2, -0.15) is 5.26 Å². The maximum Gasteiger partial charge on any atom is 0.152 e. The number of nitrogens with zero attached hydrogens (tertiary/aromatic N) is 2. The molecule has 1 heterocycles. The number of nitrogens with two attached hydrogens (primary N) is 1. The average Bonchev–Trinajstić information content (AvgIpc) is 2.03. The highest BCUT2D eigenvalue weighted by atomic mass is 14.8. The molecule has 3 nitrogen and oxygen atoms in total. The molecule has 58 valence electrons. The van der Waals surface area contributed by atoms with Crippen molar-refractivity contribution in [2.45, 2.75) is 6.92 Å². The third kappa shape index (κ3) is 1.74. The molecular weight excluding hydrogens is 150 g/mol. The van der Waals surface area contributed by atoms with Crippen LogP contribution in [-0.2, 0) is 0 Å². The van der Waals surface area contributed by atoms with Crippen molar-refractivity contribution in [3.63, 3.8) is 0 Å². The van der Waals surface area contributed by atoms with E-state index in [0.717, 1.165) is 11.3 Å². The first-order chi connectivity index (χ1) is 5.74.